The average Bonchev–Trinajstić information content (AvgIpc) is 2.80. The summed E-state index contributed by atoms with van der Waals surface area (Å²) in [4.78, 5) is 1.31. The molecule has 0 amide bonds. The van der Waals surface area contributed by atoms with Crippen molar-refractivity contribution in [3.8, 4) is 0 Å². The Kier molecular flexibility index (Phi) is 5.05. The summed E-state index contributed by atoms with van der Waals surface area (Å²) in [6, 6.07) is 9.25. The molecule has 4 heteroatoms. The lowest BCUT2D eigenvalue weighted by molar-refractivity contribution is 0.588. The topological polar surface area (TPSA) is 29.9 Å². The van der Waals surface area contributed by atoms with Crippen molar-refractivity contribution in [3.05, 3.63) is 47.8 Å². The first-order valence-corrected chi connectivity index (χ1v) is 7.54. The molecule has 0 bridgehead atoms. The highest BCUT2D eigenvalue weighted by molar-refractivity contribution is 7.98. The molecule has 1 N–H and O–H groups in total. The van der Waals surface area contributed by atoms with Crippen molar-refractivity contribution in [1.29, 1.82) is 0 Å². The Balaban J connectivity index is 1.91. The third-order valence-electron chi connectivity index (χ3n) is 2.78. The summed E-state index contributed by atoms with van der Waals surface area (Å²) in [6.07, 6.45) is 3.99. The lowest BCUT2D eigenvalue weighted by Crippen LogP contribution is -2.21. The van der Waals surface area contributed by atoms with Crippen LogP contribution in [0.4, 0.5) is 0 Å². The van der Waals surface area contributed by atoms with Crippen molar-refractivity contribution < 1.29 is 0 Å². The van der Waals surface area contributed by atoms with Crippen LogP contribution in [-0.2, 0) is 19.3 Å². The van der Waals surface area contributed by atoms with Gasteiger partial charge in [0, 0.05) is 42.0 Å². The van der Waals surface area contributed by atoms with Crippen molar-refractivity contribution in [2.75, 3.05) is 0 Å². The van der Waals surface area contributed by atoms with E-state index in [1.54, 1.807) is 0 Å². The number of hydrogen-bond acceptors (Lipinski definition) is 3. The number of aromatic nitrogens is 2. The molecule has 0 spiro atoms. The van der Waals surface area contributed by atoms with E-state index in [2.05, 4.69) is 54.7 Å². The quantitative estimate of drug-likeness (QED) is 0.821. The lowest BCUT2D eigenvalue weighted by atomic mass is 10.2. The van der Waals surface area contributed by atoms with Gasteiger partial charge in [0.05, 0.1) is 6.20 Å². The molecular weight excluding hydrogens is 254 g/mol. The van der Waals surface area contributed by atoms with E-state index in [-0.39, 0.29) is 0 Å². The van der Waals surface area contributed by atoms with E-state index in [1.807, 2.05) is 29.7 Å². The Bertz CT molecular complexity index is 520. The number of thioether (sulfide) groups is 1. The summed E-state index contributed by atoms with van der Waals surface area (Å²) >= 11 is 1.85. The Morgan fingerprint density at radius 3 is 2.84 bits per heavy atom. The fraction of sp³-hybridized carbons (Fsp3) is 0.400. The van der Waals surface area contributed by atoms with Crippen molar-refractivity contribution in [2.45, 2.75) is 37.1 Å². The normalized spacial score (nSPS) is 11.2. The van der Waals surface area contributed by atoms with Crippen LogP contribution < -0.4 is 5.32 Å². The molecule has 0 radical (unpaired) electrons. The number of rotatable bonds is 6. The Labute approximate surface area is 119 Å². The predicted molar refractivity (Wildman–Crippen MR) is 81.2 cm³/mol. The molecule has 2 rings (SSSR count). The van der Waals surface area contributed by atoms with E-state index in [0.717, 1.165) is 12.3 Å². The minimum absolute atomic E-state index is 0.520. The summed E-state index contributed by atoms with van der Waals surface area (Å²) in [7, 11) is 1.95. The molecule has 102 valence electrons. The van der Waals surface area contributed by atoms with E-state index < -0.39 is 0 Å². The third-order valence-corrected chi connectivity index (χ3v) is 3.84. The van der Waals surface area contributed by atoms with E-state index >= 15 is 0 Å². The van der Waals surface area contributed by atoms with E-state index in [9.17, 15) is 0 Å². The Hall–Kier alpha value is -1.26. The number of benzene rings is 1. The van der Waals surface area contributed by atoms with Gasteiger partial charge in [0.25, 0.3) is 0 Å². The van der Waals surface area contributed by atoms with Crippen LogP contribution in [0.15, 0.2) is 41.6 Å². The van der Waals surface area contributed by atoms with Gasteiger partial charge in [-0.25, -0.2) is 0 Å². The molecular formula is C15H21N3S. The van der Waals surface area contributed by atoms with E-state index in [1.165, 1.54) is 16.0 Å². The van der Waals surface area contributed by atoms with Gasteiger partial charge in [-0.05, 0) is 17.7 Å². The second-order valence-corrected chi connectivity index (χ2v) is 6.04. The van der Waals surface area contributed by atoms with Crippen molar-refractivity contribution in [1.82, 2.24) is 15.1 Å². The SMILES string of the molecule is CC(C)NCc1cccc(SCc2cnn(C)c2)c1. The Morgan fingerprint density at radius 1 is 1.32 bits per heavy atom. The summed E-state index contributed by atoms with van der Waals surface area (Å²) in [6.45, 7) is 5.26. The molecule has 1 aromatic heterocycles. The number of nitrogens with one attached hydrogen (secondary N) is 1. The maximum Gasteiger partial charge on any atom is 0.0530 e. The van der Waals surface area contributed by atoms with Crippen LogP contribution >= 0.6 is 11.8 Å². The number of hydrogen-bond donors (Lipinski definition) is 1. The van der Waals surface area contributed by atoms with Crippen LogP contribution in [0, 0.1) is 0 Å². The Morgan fingerprint density at radius 2 is 2.16 bits per heavy atom. The van der Waals surface area contributed by atoms with E-state index in [4.69, 9.17) is 0 Å². The molecule has 2 aromatic rings. The van der Waals surface area contributed by atoms with Crippen molar-refractivity contribution in [3.63, 3.8) is 0 Å². The van der Waals surface area contributed by atoms with Gasteiger partial charge in [-0.3, -0.25) is 4.68 Å². The highest BCUT2D eigenvalue weighted by atomic mass is 32.2. The monoisotopic (exact) mass is 275 g/mol. The number of nitrogens with zero attached hydrogens (tertiary/aromatic N) is 2. The van der Waals surface area contributed by atoms with Crippen LogP contribution in [0.5, 0.6) is 0 Å². The molecule has 0 saturated heterocycles. The van der Waals surface area contributed by atoms with E-state index in [0.29, 0.717) is 6.04 Å². The van der Waals surface area contributed by atoms with Crippen LogP contribution in [0.1, 0.15) is 25.0 Å². The molecule has 0 aliphatic carbocycles. The predicted octanol–water partition coefficient (Wildman–Crippen LogP) is 3.21. The molecule has 0 atom stereocenters. The highest BCUT2D eigenvalue weighted by Crippen LogP contribution is 2.23. The fourth-order valence-corrected chi connectivity index (χ4v) is 2.67. The van der Waals surface area contributed by atoms with Gasteiger partial charge in [0.15, 0.2) is 0 Å². The molecule has 1 aromatic carbocycles. The number of aryl methyl sites for hydroxylation is 1. The largest absolute Gasteiger partial charge is 0.310 e. The highest BCUT2D eigenvalue weighted by Gasteiger charge is 2.01. The smallest absolute Gasteiger partial charge is 0.0530 e. The van der Waals surface area contributed by atoms with Gasteiger partial charge in [0.2, 0.25) is 0 Å². The minimum atomic E-state index is 0.520. The molecule has 0 saturated carbocycles. The van der Waals surface area contributed by atoms with Gasteiger partial charge in [-0.2, -0.15) is 5.10 Å². The summed E-state index contributed by atoms with van der Waals surface area (Å²) in [5.41, 5.74) is 2.60. The first kappa shape index (κ1) is 14.2. The zero-order chi connectivity index (χ0) is 13.7. The molecule has 3 nitrogen and oxygen atoms in total. The molecule has 0 aliphatic rings. The maximum atomic E-state index is 4.19. The van der Waals surface area contributed by atoms with Gasteiger partial charge in [0.1, 0.15) is 0 Å². The second-order valence-electron chi connectivity index (χ2n) is 4.99. The van der Waals surface area contributed by atoms with Crippen LogP contribution in [0.3, 0.4) is 0 Å². The molecule has 0 unspecified atom stereocenters. The minimum Gasteiger partial charge on any atom is -0.310 e. The zero-order valence-electron chi connectivity index (χ0n) is 11.8. The van der Waals surface area contributed by atoms with Crippen molar-refractivity contribution in [2.24, 2.45) is 7.05 Å². The first-order valence-electron chi connectivity index (χ1n) is 6.56. The molecule has 19 heavy (non-hydrogen) atoms. The second kappa shape index (κ2) is 6.78. The van der Waals surface area contributed by atoms with Crippen molar-refractivity contribution >= 4 is 11.8 Å². The molecule has 1 heterocycles. The van der Waals surface area contributed by atoms with Gasteiger partial charge >= 0.3 is 0 Å². The van der Waals surface area contributed by atoms with Gasteiger partial charge in [-0.1, -0.05) is 26.0 Å². The molecule has 0 fully saturated rings. The maximum absolute atomic E-state index is 4.19. The first-order chi connectivity index (χ1) is 9.13. The van der Waals surface area contributed by atoms with Gasteiger partial charge < -0.3 is 5.32 Å². The lowest BCUT2D eigenvalue weighted by Gasteiger charge is -2.09. The standard InChI is InChI=1S/C15H21N3S/c1-12(2)16-8-13-5-4-6-15(7-13)19-11-14-9-17-18(3)10-14/h4-7,9-10,12,16H,8,11H2,1-3H3. The third kappa shape index (κ3) is 4.73. The van der Waals surface area contributed by atoms with Crippen LogP contribution in [-0.4, -0.2) is 15.8 Å². The summed E-state index contributed by atoms with van der Waals surface area (Å²) < 4.78 is 1.85. The summed E-state index contributed by atoms with van der Waals surface area (Å²) in [5, 5.41) is 7.63. The zero-order valence-corrected chi connectivity index (χ0v) is 12.6. The van der Waals surface area contributed by atoms with Gasteiger partial charge in [-0.15, -0.1) is 11.8 Å². The average molecular weight is 275 g/mol. The summed E-state index contributed by atoms with van der Waals surface area (Å²) in [5.74, 6) is 0.967. The van der Waals surface area contributed by atoms with Crippen LogP contribution in [0.25, 0.3) is 0 Å². The van der Waals surface area contributed by atoms with Crippen LogP contribution in [0.2, 0.25) is 0 Å². The fourth-order valence-electron chi connectivity index (χ4n) is 1.78. The molecule has 0 aliphatic heterocycles.